The lowest BCUT2D eigenvalue weighted by atomic mass is 9.85. The molecule has 2 aromatic heterocycles. The first-order valence-corrected chi connectivity index (χ1v) is 15.2. The molecule has 2 fully saturated rings. The van der Waals surface area contributed by atoms with E-state index in [0.29, 0.717) is 42.2 Å². The summed E-state index contributed by atoms with van der Waals surface area (Å²) < 4.78 is 44.6. The molecule has 7 rings (SSSR count). The lowest BCUT2D eigenvalue weighted by Crippen LogP contribution is -2.36. The Hall–Kier alpha value is -3.86. The van der Waals surface area contributed by atoms with E-state index in [9.17, 15) is 14.3 Å². The second-order valence-electron chi connectivity index (χ2n) is 11.9. The third kappa shape index (κ3) is 5.25. The number of piperidine rings is 1. The number of pyridine rings is 1. The maximum atomic E-state index is 15.5. The average molecular weight is 621 g/mol. The molecule has 2 aromatic carbocycles. The Morgan fingerprint density at radius 1 is 1.11 bits per heavy atom. The van der Waals surface area contributed by atoms with Crippen molar-refractivity contribution in [3.63, 3.8) is 0 Å². The van der Waals surface area contributed by atoms with Crippen LogP contribution in [-0.4, -0.2) is 56.3 Å². The summed E-state index contributed by atoms with van der Waals surface area (Å²) in [6.45, 7) is 5.06. The number of aromatic carboxylic acids is 1. The Labute approximate surface area is 257 Å². The zero-order valence-corrected chi connectivity index (χ0v) is 24.9. The van der Waals surface area contributed by atoms with Gasteiger partial charge in [0, 0.05) is 17.2 Å². The van der Waals surface area contributed by atoms with Gasteiger partial charge in [-0.05, 0) is 87.2 Å². The minimum atomic E-state index is -1.33. The molecule has 0 spiro atoms. The van der Waals surface area contributed by atoms with Crippen molar-refractivity contribution in [3.05, 3.63) is 93.7 Å². The van der Waals surface area contributed by atoms with Crippen LogP contribution in [-0.2, 0) is 23.4 Å². The number of hydrogen-bond donors (Lipinski definition) is 1. The zero-order chi connectivity index (χ0) is 30.6. The van der Waals surface area contributed by atoms with E-state index < -0.39 is 23.2 Å². The number of halogens is 3. The molecule has 1 N–H and O–H groups in total. The summed E-state index contributed by atoms with van der Waals surface area (Å²) >= 11 is 5.97. The molecule has 0 radical (unpaired) electrons. The van der Waals surface area contributed by atoms with Gasteiger partial charge in [0.2, 0.25) is 0 Å². The molecule has 4 aromatic rings. The summed E-state index contributed by atoms with van der Waals surface area (Å²) in [7, 11) is 0. The van der Waals surface area contributed by atoms with Gasteiger partial charge in [0.1, 0.15) is 28.7 Å². The fourth-order valence-corrected chi connectivity index (χ4v) is 6.64. The van der Waals surface area contributed by atoms with Crippen molar-refractivity contribution in [1.29, 1.82) is 0 Å². The highest BCUT2D eigenvalue weighted by Gasteiger charge is 2.38. The Balaban J connectivity index is 1.11. The van der Waals surface area contributed by atoms with Gasteiger partial charge in [-0.1, -0.05) is 29.8 Å². The first-order valence-electron chi connectivity index (χ1n) is 14.8. The molecule has 228 valence electrons. The molecule has 11 heteroatoms. The Kier molecular flexibility index (Phi) is 7.39. The third-order valence-corrected chi connectivity index (χ3v) is 9.18. The molecule has 0 bridgehead atoms. The van der Waals surface area contributed by atoms with E-state index in [1.54, 1.807) is 25.1 Å². The molecular formula is C33H31ClF2N4O4. The maximum absolute atomic E-state index is 15.5. The van der Waals surface area contributed by atoms with Gasteiger partial charge in [0.05, 0.1) is 24.8 Å². The van der Waals surface area contributed by atoms with Crippen LogP contribution in [0.1, 0.15) is 65.1 Å². The van der Waals surface area contributed by atoms with Crippen molar-refractivity contribution in [2.24, 2.45) is 0 Å². The number of aromatic nitrogens is 3. The lowest BCUT2D eigenvalue weighted by molar-refractivity contribution is -0.0593. The van der Waals surface area contributed by atoms with Crippen LogP contribution in [0, 0.1) is 5.82 Å². The molecule has 8 nitrogen and oxygen atoms in total. The topological polar surface area (TPSA) is 89.7 Å². The quantitative estimate of drug-likeness (QED) is 0.246. The lowest BCUT2D eigenvalue weighted by Gasteiger charge is -2.37. The number of imidazole rings is 1. The molecule has 0 unspecified atom stereocenters. The van der Waals surface area contributed by atoms with Crippen molar-refractivity contribution < 1.29 is 28.2 Å². The van der Waals surface area contributed by atoms with Gasteiger partial charge in [0.25, 0.3) is 0 Å². The fourth-order valence-electron chi connectivity index (χ4n) is 6.48. The number of carbonyl (C=O) groups is 1. The van der Waals surface area contributed by atoms with Crippen LogP contribution in [0.4, 0.5) is 8.78 Å². The Morgan fingerprint density at radius 3 is 2.61 bits per heavy atom. The second-order valence-corrected chi connectivity index (χ2v) is 12.3. The largest absolute Gasteiger partial charge is 0.477 e. The van der Waals surface area contributed by atoms with Gasteiger partial charge in [-0.25, -0.2) is 23.5 Å². The van der Waals surface area contributed by atoms with Gasteiger partial charge >= 0.3 is 5.97 Å². The number of benzene rings is 2. The van der Waals surface area contributed by atoms with Crippen molar-refractivity contribution in [2.45, 2.75) is 56.9 Å². The highest BCUT2D eigenvalue weighted by atomic mass is 35.5. The van der Waals surface area contributed by atoms with Crippen LogP contribution in [0.2, 0.25) is 5.02 Å². The maximum Gasteiger partial charge on any atom is 0.354 e. The number of rotatable bonds is 7. The van der Waals surface area contributed by atoms with Crippen molar-refractivity contribution >= 4 is 34.6 Å². The highest BCUT2D eigenvalue weighted by molar-refractivity contribution is 6.30. The van der Waals surface area contributed by atoms with Gasteiger partial charge in [0.15, 0.2) is 16.9 Å². The van der Waals surface area contributed by atoms with Crippen LogP contribution >= 0.6 is 11.6 Å². The molecule has 2 saturated heterocycles. The summed E-state index contributed by atoms with van der Waals surface area (Å²) in [4.78, 5) is 23.1. The van der Waals surface area contributed by atoms with Crippen molar-refractivity contribution in [1.82, 2.24) is 19.4 Å². The summed E-state index contributed by atoms with van der Waals surface area (Å²) in [6.07, 6.45) is 3.93. The molecule has 3 aliphatic rings. The summed E-state index contributed by atoms with van der Waals surface area (Å²) in [5.41, 5.74) is 1.35. The van der Waals surface area contributed by atoms with Gasteiger partial charge in [-0.2, -0.15) is 0 Å². The first kappa shape index (κ1) is 28.9. The highest BCUT2D eigenvalue weighted by Crippen LogP contribution is 2.47. The number of carboxylic acid groups (broad SMARTS) is 1. The van der Waals surface area contributed by atoms with Crippen LogP contribution in [0.3, 0.4) is 0 Å². The molecule has 0 aliphatic carbocycles. The first-order chi connectivity index (χ1) is 21.2. The molecule has 0 saturated carbocycles. The van der Waals surface area contributed by atoms with Gasteiger partial charge < -0.3 is 19.1 Å². The number of likely N-dealkylation sites (tertiary alicyclic amines) is 1. The minimum absolute atomic E-state index is 0.0184. The number of fused-ring (bicyclic) bond motifs is 2. The molecule has 3 aliphatic heterocycles. The van der Waals surface area contributed by atoms with E-state index in [2.05, 4.69) is 9.88 Å². The van der Waals surface area contributed by atoms with Crippen LogP contribution < -0.4 is 4.74 Å². The van der Waals surface area contributed by atoms with E-state index in [4.69, 9.17) is 26.1 Å². The van der Waals surface area contributed by atoms with Gasteiger partial charge in [-0.15, -0.1) is 0 Å². The van der Waals surface area contributed by atoms with E-state index in [1.165, 1.54) is 24.3 Å². The van der Waals surface area contributed by atoms with Crippen molar-refractivity contribution in [3.8, 4) is 5.75 Å². The summed E-state index contributed by atoms with van der Waals surface area (Å²) in [6, 6.07) is 13.0. The van der Waals surface area contributed by atoms with E-state index in [0.717, 1.165) is 43.7 Å². The summed E-state index contributed by atoms with van der Waals surface area (Å²) in [5.74, 6) is -0.695. The van der Waals surface area contributed by atoms with Gasteiger partial charge in [-0.3, -0.25) is 4.90 Å². The third-order valence-electron chi connectivity index (χ3n) is 8.95. The standard InChI is InChI=1S/C33H31ClF2N4O4/c1-33(24-6-5-20(34)15-25(24)35)16-26(36)23-4-2-3-22(30(23)44-33)19-9-12-39(13-10-19)18-29-37-27-7-8-28(32(41)42)38-31(27)40(29)17-21-11-14-43-21/h2-8,15-16,19,21H,9-14,17-18H2,1H3,(H,41,42)/t21-,33-/m0/s1. The second kappa shape index (κ2) is 11.3. The Morgan fingerprint density at radius 2 is 1.91 bits per heavy atom. The zero-order valence-electron chi connectivity index (χ0n) is 24.1. The smallest absolute Gasteiger partial charge is 0.354 e. The minimum Gasteiger partial charge on any atom is -0.477 e. The number of ether oxygens (including phenoxy) is 2. The molecular weight excluding hydrogens is 590 g/mol. The predicted octanol–water partition coefficient (Wildman–Crippen LogP) is 6.71. The molecule has 2 atom stereocenters. The average Bonchev–Trinajstić information content (AvgIpc) is 3.30. The number of para-hydroxylation sites is 1. The molecule has 0 amide bonds. The number of nitrogens with zero attached hydrogens (tertiary/aromatic N) is 4. The van der Waals surface area contributed by atoms with Crippen molar-refractivity contribution in [2.75, 3.05) is 19.7 Å². The number of hydrogen-bond acceptors (Lipinski definition) is 6. The van der Waals surface area contributed by atoms with Crippen LogP contribution in [0.25, 0.3) is 17.0 Å². The predicted molar refractivity (Wildman–Crippen MR) is 161 cm³/mol. The van der Waals surface area contributed by atoms with Crippen LogP contribution in [0.5, 0.6) is 5.75 Å². The normalized spacial score (nSPS) is 22.3. The molecule has 5 heterocycles. The van der Waals surface area contributed by atoms with E-state index >= 15 is 4.39 Å². The monoisotopic (exact) mass is 620 g/mol. The Bertz CT molecular complexity index is 1800. The summed E-state index contributed by atoms with van der Waals surface area (Å²) in [5, 5.41) is 9.74. The fraction of sp³-hybridized carbons (Fsp3) is 0.364. The SMILES string of the molecule is C[C@@]1(c2ccc(Cl)cc2F)C=C(F)c2cccc(C3CCN(Cc4nc5ccc(C(=O)O)nc5n4C[C@@H]4CCO4)CC3)c2O1. The van der Waals surface area contributed by atoms with E-state index in [1.807, 2.05) is 16.7 Å². The number of carboxylic acids is 1. The van der Waals surface area contributed by atoms with Crippen LogP contribution in [0.15, 0.2) is 54.6 Å². The van der Waals surface area contributed by atoms with E-state index in [-0.39, 0.29) is 28.3 Å². The molecule has 44 heavy (non-hydrogen) atoms.